The molecule has 0 unspecified atom stereocenters. The van der Waals surface area contributed by atoms with Crippen molar-refractivity contribution >= 4 is 5.91 Å². The Morgan fingerprint density at radius 3 is 2.72 bits per heavy atom. The third-order valence-corrected chi connectivity index (χ3v) is 4.81. The van der Waals surface area contributed by atoms with Gasteiger partial charge in [0, 0.05) is 45.3 Å². The van der Waals surface area contributed by atoms with Gasteiger partial charge in [0.25, 0.3) is 5.91 Å². The molecule has 2 aliphatic heterocycles. The molecule has 0 aliphatic carbocycles. The quantitative estimate of drug-likeness (QED) is 0.829. The number of carbonyl (C=O) groups excluding carboxylic acids is 1. The second kappa shape index (κ2) is 7.37. The lowest BCUT2D eigenvalue weighted by Gasteiger charge is -2.33. The second-order valence-electron chi connectivity index (χ2n) is 6.48. The fraction of sp³-hybridized carbons (Fsp3) is 0.588. The van der Waals surface area contributed by atoms with Crippen molar-refractivity contribution in [2.24, 2.45) is 0 Å². The van der Waals surface area contributed by atoms with Gasteiger partial charge in [0.1, 0.15) is 0 Å². The Labute approximate surface area is 145 Å². The lowest BCUT2D eigenvalue weighted by atomic mass is 10.0. The van der Waals surface area contributed by atoms with Crippen molar-refractivity contribution in [2.45, 2.75) is 25.3 Å². The molecule has 4 heterocycles. The summed E-state index contributed by atoms with van der Waals surface area (Å²) in [5, 5.41) is 4.12. The van der Waals surface area contributed by atoms with Gasteiger partial charge in [-0.3, -0.25) is 9.69 Å². The molecule has 8 nitrogen and oxygen atoms in total. The van der Waals surface area contributed by atoms with Gasteiger partial charge in [0.05, 0.1) is 12.8 Å². The molecule has 2 fully saturated rings. The minimum Gasteiger partial charge on any atom is -0.459 e. The Hall–Kier alpha value is -2.19. The minimum atomic E-state index is -0.0500. The van der Waals surface area contributed by atoms with Crippen molar-refractivity contribution < 1.29 is 18.5 Å². The Bertz CT molecular complexity index is 685. The van der Waals surface area contributed by atoms with E-state index in [9.17, 15) is 4.79 Å². The van der Waals surface area contributed by atoms with Crippen LogP contribution in [0.3, 0.4) is 0 Å². The van der Waals surface area contributed by atoms with Crippen LogP contribution in [0, 0.1) is 0 Å². The molecule has 0 saturated carbocycles. The SMILES string of the molecule is O=C(c1ccco1)N1CCN(Cc2noc(C3CCOCC3)n2)CC1. The van der Waals surface area contributed by atoms with Gasteiger partial charge in [-0.1, -0.05) is 5.16 Å². The number of ether oxygens (including phenoxy) is 1. The van der Waals surface area contributed by atoms with Gasteiger partial charge in [0.2, 0.25) is 5.89 Å². The van der Waals surface area contributed by atoms with Crippen molar-refractivity contribution in [2.75, 3.05) is 39.4 Å². The van der Waals surface area contributed by atoms with E-state index in [-0.39, 0.29) is 5.91 Å². The first-order chi connectivity index (χ1) is 12.3. The maximum absolute atomic E-state index is 12.3. The van der Waals surface area contributed by atoms with Gasteiger partial charge in [-0.2, -0.15) is 4.98 Å². The number of piperazine rings is 1. The first-order valence-corrected chi connectivity index (χ1v) is 8.75. The summed E-state index contributed by atoms with van der Waals surface area (Å²) in [5.74, 6) is 2.11. The highest BCUT2D eigenvalue weighted by Gasteiger charge is 2.26. The summed E-state index contributed by atoms with van der Waals surface area (Å²) in [6, 6.07) is 3.43. The molecule has 0 spiro atoms. The molecular formula is C17H22N4O4. The maximum Gasteiger partial charge on any atom is 0.289 e. The van der Waals surface area contributed by atoms with E-state index in [0.717, 1.165) is 45.0 Å². The Morgan fingerprint density at radius 2 is 2.00 bits per heavy atom. The van der Waals surface area contributed by atoms with Gasteiger partial charge in [-0.05, 0) is 25.0 Å². The molecule has 2 aromatic heterocycles. The maximum atomic E-state index is 12.3. The Kier molecular flexibility index (Phi) is 4.80. The third-order valence-electron chi connectivity index (χ3n) is 4.81. The Balaban J connectivity index is 1.28. The zero-order valence-electron chi connectivity index (χ0n) is 14.1. The standard InChI is InChI=1S/C17H22N4O4/c22-17(14-2-1-9-24-14)21-7-5-20(6-8-21)12-15-18-16(25-19-15)13-3-10-23-11-4-13/h1-2,9,13H,3-8,10-12H2. The van der Waals surface area contributed by atoms with Gasteiger partial charge in [-0.25, -0.2) is 0 Å². The summed E-state index contributed by atoms with van der Waals surface area (Å²) in [7, 11) is 0. The van der Waals surface area contributed by atoms with Crippen molar-refractivity contribution in [1.82, 2.24) is 19.9 Å². The van der Waals surface area contributed by atoms with Gasteiger partial charge in [-0.15, -0.1) is 0 Å². The number of rotatable bonds is 4. The van der Waals surface area contributed by atoms with Crippen LogP contribution in [-0.4, -0.2) is 65.2 Å². The molecule has 2 saturated heterocycles. The van der Waals surface area contributed by atoms with Crippen LogP contribution < -0.4 is 0 Å². The molecule has 0 aromatic carbocycles. The molecule has 0 atom stereocenters. The van der Waals surface area contributed by atoms with Crippen LogP contribution in [-0.2, 0) is 11.3 Å². The number of amides is 1. The normalized spacial score (nSPS) is 20.1. The van der Waals surface area contributed by atoms with Crippen LogP contribution in [0.15, 0.2) is 27.3 Å². The third kappa shape index (κ3) is 3.74. The van der Waals surface area contributed by atoms with Crippen LogP contribution >= 0.6 is 0 Å². The van der Waals surface area contributed by atoms with Crippen molar-refractivity contribution in [3.8, 4) is 0 Å². The van der Waals surface area contributed by atoms with Gasteiger partial charge >= 0.3 is 0 Å². The van der Waals surface area contributed by atoms with Crippen LogP contribution in [0.1, 0.15) is 41.0 Å². The van der Waals surface area contributed by atoms with E-state index in [2.05, 4.69) is 15.0 Å². The number of aromatic nitrogens is 2. The number of carbonyl (C=O) groups is 1. The highest BCUT2D eigenvalue weighted by molar-refractivity contribution is 5.91. The summed E-state index contributed by atoms with van der Waals surface area (Å²) < 4.78 is 16.0. The molecular weight excluding hydrogens is 324 g/mol. The summed E-state index contributed by atoms with van der Waals surface area (Å²) in [5.41, 5.74) is 0. The van der Waals surface area contributed by atoms with E-state index in [1.807, 2.05) is 4.90 Å². The van der Waals surface area contributed by atoms with E-state index < -0.39 is 0 Å². The average Bonchev–Trinajstić information content (AvgIpc) is 3.35. The fourth-order valence-electron chi connectivity index (χ4n) is 3.31. The zero-order valence-corrected chi connectivity index (χ0v) is 14.1. The molecule has 1 amide bonds. The molecule has 0 N–H and O–H groups in total. The van der Waals surface area contributed by atoms with Gasteiger partial charge in [0.15, 0.2) is 11.6 Å². The summed E-state index contributed by atoms with van der Waals surface area (Å²) in [6.07, 6.45) is 3.40. The number of hydrogen-bond acceptors (Lipinski definition) is 7. The largest absolute Gasteiger partial charge is 0.459 e. The molecule has 134 valence electrons. The van der Waals surface area contributed by atoms with Crippen LogP contribution in [0.5, 0.6) is 0 Å². The van der Waals surface area contributed by atoms with E-state index in [1.165, 1.54) is 6.26 Å². The summed E-state index contributed by atoms with van der Waals surface area (Å²) in [6.45, 7) is 5.08. The van der Waals surface area contributed by atoms with Crippen LogP contribution in [0.25, 0.3) is 0 Å². The molecule has 4 rings (SSSR count). The summed E-state index contributed by atoms with van der Waals surface area (Å²) in [4.78, 5) is 20.9. The van der Waals surface area contributed by atoms with Crippen molar-refractivity contribution in [1.29, 1.82) is 0 Å². The second-order valence-corrected chi connectivity index (χ2v) is 6.48. The molecule has 2 aromatic rings. The highest BCUT2D eigenvalue weighted by Crippen LogP contribution is 2.25. The van der Waals surface area contributed by atoms with E-state index in [0.29, 0.717) is 37.1 Å². The van der Waals surface area contributed by atoms with E-state index in [4.69, 9.17) is 13.7 Å². The first kappa shape index (κ1) is 16.3. The predicted molar refractivity (Wildman–Crippen MR) is 87.0 cm³/mol. The summed E-state index contributed by atoms with van der Waals surface area (Å²) >= 11 is 0. The van der Waals surface area contributed by atoms with Crippen LogP contribution in [0.4, 0.5) is 0 Å². The zero-order chi connectivity index (χ0) is 17.1. The topological polar surface area (TPSA) is 84.8 Å². The lowest BCUT2D eigenvalue weighted by Crippen LogP contribution is -2.48. The number of furan rings is 1. The molecule has 8 heteroatoms. The highest BCUT2D eigenvalue weighted by atomic mass is 16.5. The van der Waals surface area contributed by atoms with Crippen LogP contribution in [0.2, 0.25) is 0 Å². The Morgan fingerprint density at radius 1 is 1.20 bits per heavy atom. The first-order valence-electron chi connectivity index (χ1n) is 8.75. The predicted octanol–water partition coefficient (Wildman–Crippen LogP) is 1.51. The van der Waals surface area contributed by atoms with Crippen molar-refractivity contribution in [3.05, 3.63) is 35.9 Å². The molecule has 25 heavy (non-hydrogen) atoms. The molecule has 0 radical (unpaired) electrons. The number of hydrogen-bond donors (Lipinski definition) is 0. The monoisotopic (exact) mass is 346 g/mol. The molecule has 2 aliphatic rings. The van der Waals surface area contributed by atoms with E-state index >= 15 is 0 Å². The number of nitrogens with zero attached hydrogens (tertiary/aromatic N) is 4. The fourth-order valence-corrected chi connectivity index (χ4v) is 3.31. The minimum absolute atomic E-state index is 0.0500. The van der Waals surface area contributed by atoms with Crippen molar-refractivity contribution in [3.63, 3.8) is 0 Å². The smallest absolute Gasteiger partial charge is 0.289 e. The van der Waals surface area contributed by atoms with E-state index in [1.54, 1.807) is 12.1 Å². The lowest BCUT2D eigenvalue weighted by molar-refractivity contribution is 0.0594. The molecule has 0 bridgehead atoms. The average molecular weight is 346 g/mol. The van der Waals surface area contributed by atoms with Gasteiger partial charge < -0.3 is 18.6 Å².